The first kappa shape index (κ1) is 10.4. The fourth-order valence-electron chi connectivity index (χ4n) is 1.18. The van der Waals surface area contributed by atoms with Gasteiger partial charge in [0.15, 0.2) is 0 Å². The molecule has 0 saturated carbocycles. The molecule has 0 fully saturated rings. The highest BCUT2D eigenvalue weighted by Crippen LogP contribution is 2.17. The van der Waals surface area contributed by atoms with Gasteiger partial charge in [0.1, 0.15) is 0 Å². The second-order valence-electron chi connectivity index (χ2n) is 2.83. The average molecular weight is 198 g/mol. The largest absolute Gasteiger partial charge is 0.329 e. The van der Waals surface area contributed by atoms with Gasteiger partial charge in [-0.3, -0.25) is 4.21 Å². The van der Waals surface area contributed by atoms with E-state index in [1.165, 1.54) is 0 Å². The lowest BCUT2D eigenvalue weighted by atomic mass is 10.1. The summed E-state index contributed by atoms with van der Waals surface area (Å²) in [5.41, 5.74) is 12.1. The van der Waals surface area contributed by atoms with Gasteiger partial charge in [0.05, 0.1) is 10.8 Å². The molecular weight excluding hydrogens is 184 g/mol. The van der Waals surface area contributed by atoms with Crippen LogP contribution in [-0.2, 0) is 10.8 Å². The van der Waals surface area contributed by atoms with Crippen molar-refractivity contribution in [3.63, 3.8) is 0 Å². The van der Waals surface area contributed by atoms with Crippen LogP contribution in [0.5, 0.6) is 0 Å². The summed E-state index contributed by atoms with van der Waals surface area (Å²) < 4.78 is 11.3. The number of nitrogens with two attached hydrogens (primary N) is 2. The minimum atomic E-state index is -0.998. The van der Waals surface area contributed by atoms with E-state index in [0.717, 1.165) is 10.5 Å². The van der Waals surface area contributed by atoms with Gasteiger partial charge in [-0.05, 0) is 11.6 Å². The van der Waals surface area contributed by atoms with Crippen LogP contribution in [0.15, 0.2) is 29.2 Å². The zero-order valence-corrected chi connectivity index (χ0v) is 8.38. The Balaban J connectivity index is 3.11. The summed E-state index contributed by atoms with van der Waals surface area (Å²) in [5, 5.41) is 0. The molecule has 1 aromatic rings. The topological polar surface area (TPSA) is 69.1 Å². The van der Waals surface area contributed by atoms with E-state index in [9.17, 15) is 4.21 Å². The lowest BCUT2D eigenvalue weighted by Crippen LogP contribution is -2.22. The summed E-state index contributed by atoms with van der Waals surface area (Å²) in [4.78, 5) is 0.778. The molecule has 4 heteroatoms. The monoisotopic (exact) mass is 198 g/mol. The molecule has 0 aromatic heterocycles. The summed E-state index contributed by atoms with van der Waals surface area (Å²) >= 11 is 0. The third-order valence-electron chi connectivity index (χ3n) is 1.88. The molecule has 2 unspecified atom stereocenters. The number of rotatable bonds is 3. The number of hydrogen-bond acceptors (Lipinski definition) is 3. The van der Waals surface area contributed by atoms with Gasteiger partial charge >= 0.3 is 0 Å². The van der Waals surface area contributed by atoms with Crippen molar-refractivity contribution in [3.05, 3.63) is 29.8 Å². The zero-order chi connectivity index (χ0) is 9.84. The van der Waals surface area contributed by atoms with Gasteiger partial charge in [-0.15, -0.1) is 0 Å². The molecule has 0 aliphatic carbocycles. The van der Waals surface area contributed by atoms with E-state index < -0.39 is 10.8 Å². The fourth-order valence-corrected chi connectivity index (χ4v) is 2.00. The van der Waals surface area contributed by atoms with Crippen molar-refractivity contribution in [1.29, 1.82) is 0 Å². The van der Waals surface area contributed by atoms with E-state index in [2.05, 4.69) is 0 Å². The second kappa shape index (κ2) is 4.50. The molecular formula is C9H14N2OS. The highest BCUT2D eigenvalue weighted by Gasteiger charge is 2.10. The van der Waals surface area contributed by atoms with E-state index in [-0.39, 0.29) is 6.04 Å². The van der Waals surface area contributed by atoms with Crippen molar-refractivity contribution in [2.24, 2.45) is 11.5 Å². The van der Waals surface area contributed by atoms with Crippen molar-refractivity contribution < 1.29 is 4.21 Å². The van der Waals surface area contributed by atoms with Gasteiger partial charge in [0, 0.05) is 23.7 Å². The Kier molecular flexibility index (Phi) is 3.59. The average Bonchev–Trinajstić information content (AvgIpc) is 2.16. The van der Waals surface area contributed by atoms with E-state index in [1.54, 1.807) is 6.26 Å². The van der Waals surface area contributed by atoms with Crippen LogP contribution < -0.4 is 11.5 Å². The van der Waals surface area contributed by atoms with E-state index in [4.69, 9.17) is 11.5 Å². The lowest BCUT2D eigenvalue weighted by Gasteiger charge is -2.12. The van der Waals surface area contributed by atoms with Crippen molar-refractivity contribution >= 4 is 10.8 Å². The molecule has 13 heavy (non-hydrogen) atoms. The molecule has 0 aliphatic heterocycles. The highest BCUT2D eigenvalue weighted by atomic mass is 32.2. The second-order valence-corrected chi connectivity index (χ2v) is 4.18. The maximum Gasteiger partial charge on any atom is 0.0501 e. The molecule has 0 radical (unpaired) electrons. The van der Waals surface area contributed by atoms with Crippen LogP contribution in [0, 0.1) is 0 Å². The minimum Gasteiger partial charge on any atom is -0.329 e. The molecule has 0 aliphatic rings. The van der Waals surface area contributed by atoms with Crippen molar-refractivity contribution in [3.8, 4) is 0 Å². The maximum atomic E-state index is 11.3. The maximum absolute atomic E-state index is 11.3. The molecule has 1 aromatic carbocycles. The van der Waals surface area contributed by atoms with Gasteiger partial charge in [-0.1, -0.05) is 18.2 Å². The Labute approximate surface area is 80.6 Å². The van der Waals surface area contributed by atoms with Gasteiger partial charge in [0.25, 0.3) is 0 Å². The predicted octanol–water partition coefficient (Wildman–Crippen LogP) is 0.383. The van der Waals surface area contributed by atoms with Gasteiger partial charge in [-0.2, -0.15) is 0 Å². The van der Waals surface area contributed by atoms with Crippen LogP contribution in [0.1, 0.15) is 11.6 Å². The highest BCUT2D eigenvalue weighted by molar-refractivity contribution is 7.84. The first-order chi connectivity index (χ1) is 6.16. The van der Waals surface area contributed by atoms with Crippen LogP contribution >= 0.6 is 0 Å². The molecule has 0 heterocycles. The van der Waals surface area contributed by atoms with E-state index >= 15 is 0 Å². The quantitative estimate of drug-likeness (QED) is 0.738. The Bertz CT molecular complexity index is 314. The van der Waals surface area contributed by atoms with Crippen molar-refractivity contribution in [1.82, 2.24) is 0 Å². The van der Waals surface area contributed by atoms with Gasteiger partial charge in [-0.25, -0.2) is 0 Å². The SMILES string of the molecule is CS(=O)c1ccccc1C(N)CN. The smallest absolute Gasteiger partial charge is 0.0501 e. The first-order valence-corrected chi connectivity index (χ1v) is 5.60. The molecule has 0 amide bonds. The zero-order valence-electron chi connectivity index (χ0n) is 7.57. The van der Waals surface area contributed by atoms with Gasteiger partial charge in [0.2, 0.25) is 0 Å². The number of hydrogen-bond donors (Lipinski definition) is 2. The standard InChI is InChI=1S/C9H14N2OS/c1-13(12)9-5-3-2-4-7(9)8(11)6-10/h2-5,8H,6,10-11H2,1H3. The molecule has 0 bridgehead atoms. The molecule has 2 atom stereocenters. The molecule has 72 valence electrons. The summed E-state index contributed by atoms with van der Waals surface area (Å²) in [6, 6.07) is 7.19. The van der Waals surface area contributed by atoms with E-state index in [0.29, 0.717) is 6.54 Å². The summed E-state index contributed by atoms with van der Waals surface area (Å²) in [6.07, 6.45) is 1.64. The summed E-state index contributed by atoms with van der Waals surface area (Å²) in [7, 11) is -0.998. The van der Waals surface area contributed by atoms with Gasteiger partial charge < -0.3 is 11.5 Å². The predicted molar refractivity (Wildman–Crippen MR) is 54.8 cm³/mol. The lowest BCUT2D eigenvalue weighted by molar-refractivity contribution is 0.679. The van der Waals surface area contributed by atoms with Crippen LogP contribution in [-0.4, -0.2) is 17.0 Å². The molecule has 0 spiro atoms. The third-order valence-corrected chi connectivity index (χ3v) is 2.87. The first-order valence-electron chi connectivity index (χ1n) is 4.04. The third kappa shape index (κ3) is 2.37. The van der Waals surface area contributed by atoms with Crippen LogP contribution in [0.3, 0.4) is 0 Å². The van der Waals surface area contributed by atoms with Crippen molar-refractivity contribution in [2.45, 2.75) is 10.9 Å². The summed E-state index contributed by atoms with van der Waals surface area (Å²) in [5.74, 6) is 0. The Morgan fingerprint density at radius 2 is 2.08 bits per heavy atom. The Hall–Kier alpha value is -0.710. The molecule has 1 rings (SSSR count). The van der Waals surface area contributed by atoms with E-state index in [1.807, 2.05) is 24.3 Å². The Morgan fingerprint density at radius 3 is 2.62 bits per heavy atom. The molecule has 3 nitrogen and oxygen atoms in total. The van der Waals surface area contributed by atoms with Crippen LogP contribution in [0.25, 0.3) is 0 Å². The number of benzene rings is 1. The molecule has 0 saturated heterocycles. The minimum absolute atomic E-state index is 0.222. The van der Waals surface area contributed by atoms with Crippen LogP contribution in [0.2, 0.25) is 0 Å². The molecule has 4 N–H and O–H groups in total. The fraction of sp³-hybridized carbons (Fsp3) is 0.333. The van der Waals surface area contributed by atoms with Crippen molar-refractivity contribution in [2.75, 3.05) is 12.8 Å². The normalized spacial score (nSPS) is 15.3. The summed E-state index contributed by atoms with van der Waals surface area (Å²) in [6.45, 7) is 0.369. The Morgan fingerprint density at radius 1 is 1.46 bits per heavy atom. The van der Waals surface area contributed by atoms with Crippen LogP contribution in [0.4, 0.5) is 0 Å².